The third-order valence-corrected chi connectivity index (χ3v) is 7.64. The van der Waals surface area contributed by atoms with Crippen molar-refractivity contribution in [3.63, 3.8) is 0 Å². The summed E-state index contributed by atoms with van der Waals surface area (Å²) in [4.78, 5) is 39.0. The van der Waals surface area contributed by atoms with Gasteiger partial charge in [0.15, 0.2) is 0 Å². The molecule has 2 heterocycles. The molecule has 5 rings (SSSR count). The van der Waals surface area contributed by atoms with Crippen LogP contribution in [0.4, 0.5) is 5.00 Å². The van der Waals surface area contributed by atoms with Crippen molar-refractivity contribution < 1.29 is 23.9 Å². The highest BCUT2D eigenvalue weighted by Crippen LogP contribution is 2.49. The molecule has 3 aliphatic rings. The van der Waals surface area contributed by atoms with E-state index >= 15 is 0 Å². The monoisotopic (exact) mass is 426 g/mol. The van der Waals surface area contributed by atoms with Crippen LogP contribution in [0.5, 0.6) is 0 Å². The van der Waals surface area contributed by atoms with Gasteiger partial charge in [-0.25, -0.2) is 0 Å². The normalized spacial score (nSPS) is 26.0. The number of hydrogen-bond donors (Lipinski definition) is 3. The Morgan fingerprint density at radius 1 is 1.17 bits per heavy atom. The van der Waals surface area contributed by atoms with E-state index in [0.29, 0.717) is 22.7 Å². The van der Waals surface area contributed by atoms with Gasteiger partial charge in [-0.1, -0.05) is 12.2 Å². The number of carboxylic acid groups (broad SMARTS) is 1. The predicted molar refractivity (Wildman–Crippen MR) is 110 cm³/mol. The lowest BCUT2D eigenvalue weighted by Crippen LogP contribution is -2.36. The van der Waals surface area contributed by atoms with Gasteiger partial charge in [0.1, 0.15) is 10.8 Å². The van der Waals surface area contributed by atoms with Crippen LogP contribution < -0.4 is 10.6 Å². The van der Waals surface area contributed by atoms with Gasteiger partial charge in [-0.15, -0.1) is 11.3 Å². The Bertz CT molecular complexity index is 1040. The summed E-state index contributed by atoms with van der Waals surface area (Å²) in [6.07, 6.45) is 8.82. The zero-order valence-corrected chi connectivity index (χ0v) is 17.0. The Hall–Kier alpha value is -2.87. The maximum absolute atomic E-state index is 13.1. The number of hydrogen-bond acceptors (Lipinski definition) is 5. The van der Waals surface area contributed by atoms with Crippen molar-refractivity contribution in [2.75, 3.05) is 5.32 Å². The topological polar surface area (TPSA) is 109 Å². The van der Waals surface area contributed by atoms with Gasteiger partial charge in [0, 0.05) is 4.88 Å². The van der Waals surface area contributed by atoms with Gasteiger partial charge >= 0.3 is 5.97 Å². The third kappa shape index (κ3) is 3.15. The smallest absolute Gasteiger partial charge is 0.307 e. The Kier molecular flexibility index (Phi) is 4.73. The molecule has 8 heteroatoms. The Labute approximate surface area is 177 Å². The van der Waals surface area contributed by atoms with Gasteiger partial charge in [-0.2, -0.15) is 0 Å². The van der Waals surface area contributed by atoms with Crippen LogP contribution in [0.25, 0.3) is 0 Å². The average molecular weight is 426 g/mol. The molecule has 2 amide bonds. The maximum atomic E-state index is 13.1. The largest absolute Gasteiger partial charge is 0.481 e. The molecule has 2 aromatic rings. The van der Waals surface area contributed by atoms with Gasteiger partial charge in [0.2, 0.25) is 5.91 Å². The SMILES string of the molecule is O=C(NCc1ccco1)c1c(NC(=O)[C@@H]2[C@H](C(=O)O)[C@H]3C=C[C@H]2C3)sc2c1CCC2. The fraction of sp³-hybridized carbons (Fsp3) is 0.409. The second-order valence-electron chi connectivity index (χ2n) is 8.15. The summed E-state index contributed by atoms with van der Waals surface area (Å²) in [6.45, 7) is 0.266. The third-order valence-electron chi connectivity index (χ3n) is 6.44. The van der Waals surface area contributed by atoms with Gasteiger partial charge in [-0.05, 0) is 55.2 Å². The van der Waals surface area contributed by atoms with E-state index in [-0.39, 0.29) is 30.2 Å². The van der Waals surface area contributed by atoms with E-state index in [2.05, 4.69) is 10.6 Å². The number of allylic oxidation sites excluding steroid dienone is 2. The summed E-state index contributed by atoms with van der Waals surface area (Å²) >= 11 is 1.44. The molecule has 0 aliphatic heterocycles. The minimum Gasteiger partial charge on any atom is -0.481 e. The molecule has 2 aromatic heterocycles. The first-order valence-electron chi connectivity index (χ1n) is 10.2. The Morgan fingerprint density at radius 2 is 1.97 bits per heavy atom. The molecule has 30 heavy (non-hydrogen) atoms. The predicted octanol–water partition coefficient (Wildman–Crippen LogP) is 3.22. The van der Waals surface area contributed by atoms with Crippen molar-refractivity contribution in [3.05, 3.63) is 52.3 Å². The summed E-state index contributed by atoms with van der Waals surface area (Å²) in [7, 11) is 0. The number of rotatable bonds is 6. The molecule has 3 aliphatic carbocycles. The van der Waals surface area contributed by atoms with E-state index in [4.69, 9.17) is 4.42 Å². The lowest BCUT2D eigenvalue weighted by molar-refractivity contribution is -0.146. The van der Waals surface area contributed by atoms with E-state index in [0.717, 1.165) is 29.7 Å². The molecule has 0 saturated heterocycles. The molecule has 2 bridgehead atoms. The van der Waals surface area contributed by atoms with E-state index in [1.165, 1.54) is 11.3 Å². The first kappa shape index (κ1) is 19.1. The van der Waals surface area contributed by atoms with E-state index in [1.807, 2.05) is 12.2 Å². The number of nitrogens with one attached hydrogen (secondary N) is 2. The minimum absolute atomic E-state index is 0.0564. The second-order valence-corrected chi connectivity index (χ2v) is 9.26. The summed E-state index contributed by atoms with van der Waals surface area (Å²) in [6, 6.07) is 3.55. The van der Waals surface area contributed by atoms with Crippen LogP contribution in [0.3, 0.4) is 0 Å². The van der Waals surface area contributed by atoms with Gasteiger partial charge < -0.3 is 20.2 Å². The number of amides is 2. The standard InChI is InChI=1S/C22H22N2O5S/c25-19(23-10-13-3-2-8-29-13)18-14-4-1-5-15(14)30-21(18)24-20(26)16-11-6-7-12(9-11)17(16)22(27)28/h2-3,6-8,11-12,16-17H,1,4-5,9-10H2,(H,23,25)(H,24,26)(H,27,28)/t11-,12-,16-,17+/m0/s1. The molecule has 0 unspecified atom stereocenters. The zero-order chi connectivity index (χ0) is 20.8. The molecule has 1 fully saturated rings. The number of carboxylic acids is 1. The van der Waals surface area contributed by atoms with Crippen molar-refractivity contribution in [2.45, 2.75) is 32.2 Å². The Balaban J connectivity index is 1.38. The van der Waals surface area contributed by atoms with E-state index in [9.17, 15) is 19.5 Å². The quantitative estimate of drug-likeness (QED) is 0.615. The van der Waals surface area contributed by atoms with Crippen LogP contribution in [0.15, 0.2) is 35.0 Å². The lowest BCUT2D eigenvalue weighted by atomic mass is 9.82. The highest BCUT2D eigenvalue weighted by molar-refractivity contribution is 7.17. The molecule has 4 atom stereocenters. The highest BCUT2D eigenvalue weighted by Gasteiger charge is 2.51. The van der Waals surface area contributed by atoms with Crippen molar-refractivity contribution in [1.82, 2.24) is 5.32 Å². The first-order chi connectivity index (χ1) is 14.5. The Morgan fingerprint density at radius 3 is 2.70 bits per heavy atom. The van der Waals surface area contributed by atoms with E-state index in [1.54, 1.807) is 18.4 Å². The van der Waals surface area contributed by atoms with Gasteiger partial charge in [0.25, 0.3) is 5.91 Å². The fourth-order valence-corrected chi connectivity index (χ4v) is 6.40. The van der Waals surface area contributed by atoms with Crippen LogP contribution in [-0.4, -0.2) is 22.9 Å². The number of anilines is 1. The number of thiophene rings is 1. The molecule has 1 saturated carbocycles. The summed E-state index contributed by atoms with van der Waals surface area (Å²) in [5.74, 6) is -2.29. The second kappa shape index (κ2) is 7.43. The number of fused-ring (bicyclic) bond motifs is 3. The number of aryl methyl sites for hydroxylation is 1. The molecule has 7 nitrogen and oxygen atoms in total. The number of carbonyl (C=O) groups is 3. The zero-order valence-electron chi connectivity index (χ0n) is 16.2. The molecule has 0 aromatic carbocycles. The molecule has 0 radical (unpaired) electrons. The summed E-state index contributed by atoms with van der Waals surface area (Å²) < 4.78 is 5.27. The van der Waals surface area contributed by atoms with Crippen molar-refractivity contribution >= 4 is 34.1 Å². The highest BCUT2D eigenvalue weighted by atomic mass is 32.1. The number of carbonyl (C=O) groups excluding carboxylic acids is 2. The minimum atomic E-state index is -0.933. The van der Waals surface area contributed by atoms with Gasteiger partial charge in [-0.3, -0.25) is 14.4 Å². The fourth-order valence-electron chi connectivity index (χ4n) is 5.11. The summed E-state index contributed by atoms with van der Waals surface area (Å²) in [5, 5.41) is 16.0. The molecular weight excluding hydrogens is 404 g/mol. The number of aliphatic carboxylic acids is 1. The molecule has 156 valence electrons. The van der Waals surface area contributed by atoms with Crippen LogP contribution in [0.1, 0.15) is 39.4 Å². The maximum Gasteiger partial charge on any atom is 0.307 e. The van der Waals surface area contributed by atoms with Crippen LogP contribution in [0.2, 0.25) is 0 Å². The van der Waals surface area contributed by atoms with Crippen molar-refractivity contribution in [1.29, 1.82) is 0 Å². The molecule has 3 N–H and O–H groups in total. The van der Waals surface area contributed by atoms with Gasteiger partial charge in [0.05, 0.1) is 30.2 Å². The van der Waals surface area contributed by atoms with Crippen molar-refractivity contribution in [3.8, 4) is 0 Å². The first-order valence-corrected chi connectivity index (χ1v) is 11.0. The number of furan rings is 1. The molecular formula is C22H22N2O5S. The van der Waals surface area contributed by atoms with Crippen molar-refractivity contribution in [2.24, 2.45) is 23.7 Å². The summed E-state index contributed by atoms with van der Waals surface area (Å²) in [5.41, 5.74) is 1.51. The molecule has 0 spiro atoms. The van der Waals surface area contributed by atoms with Crippen LogP contribution in [0, 0.1) is 23.7 Å². The van der Waals surface area contributed by atoms with Crippen LogP contribution in [-0.2, 0) is 29.0 Å². The lowest BCUT2D eigenvalue weighted by Gasteiger charge is -2.23. The average Bonchev–Trinajstić information content (AvgIpc) is 3.51. The van der Waals surface area contributed by atoms with E-state index < -0.39 is 17.8 Å². The van der Waals surface area contributed by atoms with Crippen LogP contribution >= 0.6 is 11.3 Å².